The average molecular weight is 229 g/mol. The van der Waals surface area contributed by atoms with Crippen LogP contribution in [0.2, 0.25) is 0 Å². The van der Waals surface area contributed by atoms with E-state index in [1.165, 1.54) is 16.5 Å². The molecule has 0 radical (unpaired) electrons. The van der Waals surface area contributed by atoms with Crippen molar-refractivity contribution in [3.8, 4) is 5.75 Å². The van der Waals surface area contributed by atoms with Gasteiger partial charge in [-0.25, -0.2) is 0 Å². The van der Waals surface area contributed by atoms with Gasteiger partial charge in [0.05, 0.1) is 12.1 Å². The number of rotatable bonds is 4. The molecule has 0 fully saturated rings. The van der Waals surface area contributed by atoms with Crippen LogP contribution in [0.25, 0.3) is 10.9 Å². The summed E-state index contributed by atoms with van der Waals surface area (Å²) < 4.78 is 7.87. The van der Waals surface area contributed by atoms with Crippen molar-refractivity contribution in [1.82, 2.24) is 4.57 Å². The molecule has 0 aliphatic rings. The molecule has 2 heteroatoms. The first-order valence-electron chi connectivity index (χ1n) is 6.06. The van der Waals surface area contributed by atoms with Gasteiger partial charge in [-0.1, -0.05) is 17.7 Å². The van der Waals surface area contributed by atoms with E-state index in [-0.39, 0.29) is 0 Å². The van der Waals surface area contributed by atoms with Gasteiger partial charge in [0, 0.05) is 18.1 Å². The van der Waals surface area contributed by atoms with Crippen molar-refractivity contribution in [1.29, 1.82) is 0 Å². The predicted molar refractivity (Wildman–Crippen MR) is 72.5 cm³/mol. The summed E-state index contributed by atoms with van der Waals surface area (Å²) >= 11 is 0. The molecule has 0 atom stereocenters. The van der Waals surface area contributed by atoms with Crippen LogP contribution >= 0.6 is 0 Å². The molecule has 0 bridgehead atoms. The zero-order chi connectivity index (χ0) is 12.3. The minimum atomic E-state index is 0.707. The van der Waals surface area contributed by atoms with E-state index in [1.54, 1.807) is 0 Å². The highest BCUT2D eigenvalue weighted by Gasteiger charge is 2.04. The molecule has 1 aromatic carbocycles. The number of hydrogen-bond acceptors (Lipinski definition) is 1. The molecule has 2 aromatic rings. The van der Waals surface area contributed by atoms with Crippen molar-refractivity contribution in [2.75, 3.05) is 6.61 Å². The van der Waals surface area contributed by atoms with Crippen LogP contribution in [0.3, 0.4) is 0 Å². The monoisotopic (exact) mass is 229 g/mol. The van der Waals surface area contributed by atoms with Crippen LogP contribution in [-0.2, 0) is 6.54 Å². The lowest BCUT2D eigenvalue weighted by molar-refractivity contribution is 0.344. The van der Waals surface area contributed by atoms with Crippen LogP contribution < -0.4 is 4.74 Å². The highest BCUT2D eigenvalue weighted by atomic mass is 16.5. The summed E-state index contributed by atoms with van der Waals surface area (Å²) in [6.45, 7) is 7.88. The van der Waals surface area contributed by atoms with E-state index in [0.29, 0.717) is 6.61 Å². The van der Waals surface area contributed by atoms with E-state index in [1.807, 2.05) is 19.1 Å². The Morgan fingerprint density at radius 3 is 2.82 bits per heavy atom. The van der Waals surface area contributed by atoms with Gasteiger partial charge >= 0.3 is 0 Å². The molecule has 0 N–H and O–H groups in total. The van der Waals surface area contributed by atoms with E-state index < -0.39 is 0 Å². The number of aromatic nitrogens is 1. The van der Waals surface area contributed by atoms with Crippen molar-refractivity contribution >= 4 is 10.9 Å². The number of ether oxygens (including phenoxy) is 1. The van der Waals surface area contributed by atoms with E-state index in [0.717, 1.165) is 12.3 Å². The number of benzene rings is 1. The Bertz CT molecular complexity index is 533. The fourth-order valence-corrected chi connectivity index (χ4v) is 1.92. The van der Waals surface area contributed by atoms with Gasteiger partial charge in [0.25, 0.3) is 0 Å². The van der Waals surface area contributed by atoms with E-state index in [9.17, 15) is 0 Å². The standard InChI is InChI=1S/C15H19NO/c1-4-17-15-7-5-6-14-13(15)9-11-16(14)10-8-12(2)3/h5-9,11H,4,10H2,1-3H3. The molecule has 0 spiro atoms. The maximum atomic E-state index is 5.63. The molecule has 90 valence electrons. The third kappa shape index (κ3) is 2.52. The lowest BCUT2D eigenvalue weighted by Crippen LogP contribution is -1.94. The SMILES string of the molecule is CCOc1cccc2c1ccn2CC=C(C)C. The Balaban J connectivity index is 2.40. The van der Waals surface area contributed by atoms with E-state index in [4.69, 9.17) is 4.74 Å². The van der Waals surface area contributed by atoms with Crippen LogP contribution in [0, 0.1) is 0 Å². The smallest absolute Gasteiger partial charge is 0.128 e. The second-order valence-electron chi connectivity index (χ2n) is 4.37. The topological polar surface area (TPSA) is 14.2 Å². The van der Waals surface area contributed by atoms with E-state index in [2.05, 4.69) is 42.8 Å². The predicted octanol–water partition coefficient (Wildman–Crippen LogP) is 4.01. The van der Waals surface area contributed by atoms with Crippen LogP contribution in [0.1, 0.15) is 20.8 Å². The van der Waals surface area contributed by atoms with Gasteiger partial charge in [-0.3, -0.25) is 0 Å². The molecule has 0 amide bonds. The van der Waals surface area contributed by atoms with Crippen LogP contribution in [0.4, 0.5) is 0 Å². The average Bonchev–Trinajstić information content (AvgIpc) is 2.71. The minimum Gasteiger partial charge on any atom is -0.493 e. The van der Waals surface area contributed by atoms with Crippen molar-refractivity contribution in [2.45, 2.75) is 27.3 Å². The lowest BCUT2D eigenvalue weighted by Gasteiger charge is -2.06. The van der Waals surface area contributed by atoms with Crippen molar-refractivity contribution in [2.24, 2.45) is 0 Å². The number of hydrogen-bond donors (Lipinski definition) is 0. The van der Waals surface area contributed by atoms with Gasteiger partial charge in [-0.15, -0.1) is 0 Å². The maximum absolute atomic E-state index is 5.63. The summed E-state index contributed by atoms with van der Waals surface area (Å²) in [5.41, 5.74) is 2.57. The van der Waals surface area contributed by atoms with E-state index >= 15 is 0 Å². The number of fused-ring (bicyclic) bond motifs is 1. The third-order valence-corrected chi connectivity index (χ3v) is 2.77. The highest BCUT2D eigenvalue weighted by Crippen LogP contribution is 2.26. The molecule has 0 saturated heterocycles. The highest BCUT2D eigenvalue weighted by molar-refractivity contribution is 5.86. The first-order chi connectivity index (χ1) is 8.22. The first kappa shape index (κ1) is 11.8. The van der Waals surface area contributed by atoms with Crippen molar-refractivity contribution < 1.29 is 4.74 Å². The van der Waals surface area contributed by atoms with Gasteiger partial charge in [0.15, 0.2) is 0 Å². The summed E-state index contributed by atoms with van der Waals surface area (Å²) in [5.74, 6) is 0.973. The molecule has 0 unspecified atom stereocenters. The number of nitrogens with zero attached hydrogens (tertiary/aromatic N) is 1. The van der Waals surface area contributed by atoms with Gasteiger partial charge in [0.1, 0.15) is 5.75 Å². The zero-order valence-corrected chi connectivity index (χ0v) is 10.7. The molecule has 1 aromatic heterocycles. The Kier molecular flexibility index (Phi) is 3.52. The zero-order valence-electron chi connectivity index (χ0n) is 10.7. The van der Waals surface area contributed by atoms with Crippen LogP contribution in [0.5, 0.6) is 5.75 Å². The molecule has 0 aliphatic carbocycles. The molecule has 0 saturated carbocycles. The molecule has 17 heavy (non-hydrogen) atoms. The molecular weight excluding hydrogens is 210 g/mol. The quantitative estimate of drug-likeness (QED) is 0.723. The Labute approximate surface area is 103 Å². The Morgan fingerprint density at radius 2 is 2.12 bits per heavy atom. The van der Waals surface area contributed by atoms with Gasteiger partial charge in [0.2, 0.25) is 0 Å². The van der Waals surface area contributed by atoms with Crippen molar-refractivity contribution in [3.05, 3.63) is 42.1 Å². The fourth-order valence-electron chi connectivity index (χ4n) is 1.92. The Morgan fingerprint density at radius 1 is 1.29 bits per heavy atom. The van der Waals surface area contributed by atoms with Crippen molar-refractivity contribution in [3.63, 3.8) is 0 Å². The Hall–Kier alpha value is -1.70. The van der Waals surface area contributed by atoms with Crippen LogP contribution in [0.15, 0.2) is 42.1 Å². The minimum absolute atomic E-state index is 0.707. The lowest BCUT2D eigenvalue weighted by atomic mass is 10.2. The molecule has 2 nitrogen and oxygen atoms in total. The second kappa shape index (κ2) is 5.09. The largest absolute Gasteiger partial charge is 0.493 e. The molecular formula is C15H19NO. The molecule has 1 heterocycles. The number of allylic oxidation sites excluding steroid dienone is 2. The second-order valence-corrected chi connectivity index (χ2v) is 4.37. The maximum Gasteiger partial charge on any atom is 0.128 e. The summed E-state index contributed by atoms with van der Waals surface area (Å²) in [4.78, 5) is 0. The fraction of sp³-hybridized carbons (Fsp3) is 0.333. The third-order valence-electron chi connectivity index (χ3n) is 2.77. The normalized spacial score (nSPS) is 10.5. The molecule has 0 aliphatic heterocycles. The summed E-state index contributed by atoms with van der Waals surface area (Å²) in [6.07, 6.45) is 4.35. The first-order valence-corrected chi connectivity index (χ1v) is 6.06. The molecule has 2 rings (SSSR count). The summed E-state index contributed by atoms with van der Waals surface area (Å²) in [7, 11) is 0. The van der Waals surface area contributed by atoms with Gasteiger partial charge in [-0.05, 0) is 39.0 Å². The summed E-state index contributed by atoms with van der Waals surface area (Å²) in [6, 6.07) is 8.33. The summed E-state index contributed by atoms with van der Waals surface area (Å²) in [5, 5.41) is 1.19. The van der Waals surface area contributed by atoms with Gasteiger partial charge in [-0.2, -0.15) is 0 Å². The van der Waals surface area contributed by atoms with Gasteiger partial charge < -0.3 is 9.30 Å². The van der Waals surface area contributed by atoms with Crippen LogP contribution in [-0.4, -0.2) is 11.2 Å².